The SMILES string of the molecule is NC(CCC(F)(F)F)c1ccn(-c2ccccc2)n1. The number of nitrogens with two attached hydrogens (primary N) is 1. The second-order valence-corrected chi connectivity index (χ2v) is 4.28. The third-order valence-electron chi connectivity index (χ3n) is 2.75. The maximum atomic E-state index is 12.1. The summed E-state index contributed by atoms with van der Waals surface area (Å²) in [6.07, 6.45) is -3.54. The number of para-hydroxylation sites is 1. The number of nitrogens with zero attached hydrogens (tertiary/aromatic N) is 2. The third kappa shape index (κ3) is 3.82. The summed E-state index contributed by atoms with van der Waals surface area (Å²) in [6.45, 7) is 0. The van der Waals surface area contributed by atoms with E-state index < -0.39 is 18.6 Å². The van der Waals surface area contributed by atoms with Gasteiger partial charge in [0.25, 0.3) is 0 Å². The zero-order valence-electron chi connectivity index (χ0n) is 10.1. The fourth-order valence-corrected chi connectivity index (χ4v) is 1.73. The first-order valence-electron chi connectivity index (χ1n) is 5.89. The Morgan fingerprint density at radius 3 is 2.47 bits per heavy atom. The molecule has 1 aromatic carbocycles. The number of alkyl halides is 3. The minimum atomic E-state index is -4.18. The van der Waals surface area contributed by atoms with Crippen LogP contribution in [0.25, 0.3) is 5.69 Å². The Morgan fingerprint density at radius 1 is 1.16 bits per heavy atom. The summed E-state index contributed by atoms with van der Waals surface area (Å²) in [5.41, 5.74) is 7.03. The van der Waals surface area contributed by atoms with E-state index in [0.29, 0.717) is 5.69 Å². The maximum Gasteiger partial charge on any atom is 0.389 e. The van der Waals surface area contributed by atoms with Gasteiger partial charge in [-0.05, 0) is 24.6 Å². The van der Waals surface area contributed by atoms with Crippen molar-refractivity contribution in [2.75, 3.05) is 0 Å². The molecule has 2 N–H and O–H groups in total. The van der Waals surface area contributed by atoms with Crippen LogP contribution in [0.4, 0.5) is 13.2 Å². The Balaban J connectivity index is 2.05. The van der Waals surface area contributed by atoms with Crippen LogP contribution in [0.15, 0.2) is 42.6 Å². The Kier molecular flexibility index (Phi) is 3.90. The fraction of sp³-hybridized carbons (Fsp3) is 0.308. The quantitative estimate of drug-likeness (QED) is 0.926. The first-order chi connectivity index (χ1) is 8.96. The van der Waals surface area contributed by atoms with E-state index in [2.05, 4.69) is 5.10 Å². The van der Waals surface area contributed by atoms with Crippen molar-refractivity contribution in [1.29, 1.82) is 0 Å². The van der Waals surface area contributed by atoms with Crippen molar-refractivity contribution in [3.05, 3.63) is 48.3 Å². The number of rotatable bonds is 4. The maximum absolute atomic E-state index is 12.1. The molecule has 0 fully saturated rings. The van der Waals surface area contributed by atoms with Crippen LogP contribution in [0.1, 0.15) is 24.6 Å². The molecule has 0 saturated carbocycles. The van der Waals surface area contributed by atoms with Crippen molar-refractivity contribution in [3.63, 3.8) is 0 Å². The minimum absolute atomic E-state index is 0.157. The van der Waals surface area contributed by atoms with E-state index >= 15 is 0 Å². The highest BCUT2D eigenvalue weighted by Crippen LogP contribution is 2.25. The lowest BCUT2D eigenvalue weighted by atomic mass is 10.1. The predicted molar refractivity (Wildman–Crippen MR) is 65.8 cm³/mol. The van der Waals surface area contributed by atoms with Crippen LogP contribution in [-0.4, -0.2) is 16.0 Å². The molecule has 1 unspecified atom stereocenters. The number of hydrogen-bond acceptors (Lipinski definition) is 2. The van der Waals surface area contributed by atoms with Gasteiger partial charge >= 0.3 is 6.18 Å². The molecular formula is C13H14F3N3. The first kappa shape index (κ1) is 13.6. The van der Waals surface area contributed by atoms with Gasteiger partial charge in [-0.1, -0.05) is 18.2 Å². The highest BCUT2D eigenvalue weighted by molar-refractivity contribution is 5.30. The second kappa shape index (κ2) is 5.44. The van der Waals surface area contributed by atoms with E-state index in [-0.39, 0.29) is 6.42 Å². The van der Waals surface area contributed by atoms with Crippen molar-refractivity contribution in [3.8, 4) is 5.69 Å². The Bertz CT molecular complexity index is 519. The number of aromatic nitrogens is 2. The van der Waals surface area contributed by atoms with Gasteiger partial charge in [-0.3, -0.25) is 0 Å². The summed E-state index contributed by atoms with van der Waals surface area (Å²) >= 11 is 0. The zero-order valence-corrected chi connectivity index (χ0v) is 10.1. The van der Waals surface area contributed by atoms with E-state index in [0.717, 1.165) is 5.69 Å². The molecule has 1 heterocycles. The van der Waals surface area contributed by atoms with Gasteiger partial charge in [0.1, 0.15) is 0 Å². The highest BCUT2D eigenvalue weighted by atomic mass is 19.4. The molecule has 0 radical (unpaired) electrons. The summed E-state index contributed by atoms with van der Waals surface area (Å²) in [4.78, 5) is 0. The smallest absolute Gasteiger partial charge is 0.323 e. The van der Waals surface area contributed by atoms with Crippen molar-refractivity contribution in [2.24, 2.45) is 5.73 Å². The Morgan fingerprint density at radius 2 is 1.84 bits per heavy atom. The predicted octanol–water partition coefficient (Wildman–Crippen LogP) is 3.21. The van der Waals surface area contributed by atoms with E-state index in [9.17, 15) is 13.2 Å². The lowest BCUT2D eigenvalue weighted by Crippen LogP contribution is -2.16. The van der Waals surface area contributed by atoms with Crippen LogP contribution < -0.4 is 5.73 Å². The zero-order chi connectivity index (χ0) is 13.9. The van der Waals surface area contributed by atoms with Crippen molar-refractivity contribution in [2.45, 2.75) is 25.1 Å². The topological polar surface area (TPSA) is 43.8 Å². The standard InChI is InChI=1S/C13H14F3N3/c14-13(15,16)8-6-11(17)12-7-9-19(18-12)10-4-2-1-3-5-10/h1-5,7,9,11H,6,8,17H2. The van der Waals surface area contributed by atoms with Gasteiger partial charge in [0.15, 0.2) is 0 Å². The van der Waals surface area contributed by atoms with Gasteiger partial charge in [0.05, 0.1) is 11.4 Å². The monoisotopic (exact) mass is 269 g/mol. The van der Waals surface area contributed by atoms with Gasteiger partial charge < -0.3 is 5.73 Å². The molecule has 1 aromatic heterocycles. The van der Waals surface area contributed by atoms with Crippen molar-refractivity contribution >= 4 is 0 Å². The molecule has 0 amide bonds. The Hall–Kier alpha value is -1.82. The highest BCUT2D eigenvalue weighted by Gasteiger charge is 2.28. The van der Waals surface area contributed by atoms with Gasteiger partial charge in [-0.2, -0.15) is 18.3 Å². The van der Waals surface area contributed by atoms with E-state index in [1.165, 1.54) is 0 Å². The summed E-state index contributed by atoms with van der Waals surface area (Å²) in [6, 6.07) is 10.3. The molecule has 2 rings (SSSR count). The molecule has 3 nitrogen and oxygen atoms in total. The number of halogens is 3. The van der Waals surface area contributed by atoms with Gasteiger partial charge in [0, 0.05) is 18.7 Å². The molecular weight excluding hydrogens is 255 g/mol. The van der Waals surface area contributed by atoms with Gasteiger partial charge in [-0.15, -0.1) is 0 Å². The van der Waals surface area contributed by atoms with E-state index in [4.69, 9.17) is 5.73 Å². The molecule has 0 saturated heterocycles. The lowest BCUT2D eigenvalue weighted by Gasteiger charge is -2.10. The summed E-state index contributed by atoms with van der Waals surface area (Å²) in [7, 11) is 0. The van der Waals surface area contributed by atoms with Crippen LogP contribution in [0.2, 0.25) is 0 Å². The molecule has 0 aliphatic rings. The van der Waals surface area contributed by atoms with Crippen molar-refractivity contribution < 1.29 is 13.2 Å². The normalized spacial score (nSPS) is 13.5. The summed E-state index contributed by atoms with van der Waals surface area (Å²) in [5, 5.41) is 4.21. The minimum Gasteiger partial charge on any atom is -0.323 e. The van der Waals surface area contributed by atoms with Crippen LogP contribution in [-0.2, 0) is 0 Å². The molecule has 0 aliphatic heterocycles. The molecule has 102 valence electrons. The first-order valence-corrected chi connectivity index (χ1v) is 5.89. The molecule has 19 heavy (non-hydrogen) atoms. The average molecular weight is 269 g/mol. The van der Waals surface area contributed by atoms with Crippen LogP contribution in [0, 0.1) is 0 Å². The lowest BCUT2D eigenvalue weighted by molar-refractivity contribution is -0.136. The van der Waals surface area contributed by atoms with Crippen molar-refractivity contribution in [1.82, 2.24) is 9.78 Å². The fourth-order valence-electron chi connectivity index (χ4n) is 1.73. The largest absolute Gasteiger partial charge is 0.389 e. The number of hydrogen-bond donors (Lipinski definition) is 1. The Labute approximate surface area is 108 Å². The van der Waals surface area contributed by atoms with Gasteiger partial charge in [-0.25, -0.2) is 4.68 Å². The molecule has 2 aromatic rings. The third-order valence-corrected chi connectivity index (χ3v) is 2.75. The second-order valence-electron chi connectivity index (χ2n) is 4.28. The summed E-state index contributed by atoms with van der Waals surface area (Å²) in [5.74, 6) is 0. The average Bonchev–Trinajstić information content (AvgIpc) is 2.86. The van der Waals surface area contributed by atoms with Crippen LogP contribution in [0.5, 0.6) is 0 Å². The molecule has 0 bridgehead atoms. The molecule has 0 spiro atoms. The molecule has 6 heteroatoms. The van der Waals surface area contributed by atoms with E-state index in [1.54, 1.807) is 16.9 Å². The molecule has 0 aliphatic carbocycles. The molecule has 1 atom stereocenters. The summed E-state index contributed by atoms with van der Waals surface area (Å²) < 4.78 is 38.0. The number of benzene rings is 1. The van der Waals surface area contributed by atoms with Crippen LogP contribution in [0.3, 0.4) is 0 Å². The van der Waals surface area contributed by atoms with E-state index in [1.807, 2.05) is 30.3 Å². The van der Waals surface area contributed by atoms with Crippen LogP contribution >= 0.6 is 0 Å². The van der Waals surface area contributed by atoms with Gasteiger partial charge in [0.2, 0.25) is 0 Å².